The van der Waals surface area contributed by atoms with E-state index in [1.165, 1.54) is 0 Å². The quantitative estimate of drug-likeness (QED) is 0.835. The molecule has 1 aliphatic rings. The van der Waals surface area contributed by atoms with E-state index in [-0.39, 0.29) is 5.91 Å². The zero-order valence-corrected chi connectivity index (χ0v) is 11.4. The van der Waals surface area contributed by atoms with Crippen molar-refractivity contribution in [1.82, 2.24) is 14.8 Å². The molecule has 98 valence electrons. The third kappa shape index (κ3) is 3.68. The molecule has 18 heavy (non-hydrogen) atoms. The number of likely N-dealkylation sites (N-methyl/N-ethyl adjacent to an activating group) is 1. The Labute approximate surface area is 113 Å². The number of nitrogens with zero attached hydrogens (tertiary/aromatic N) is 3. The number of carbonyl (C=O) groups excluding carboxylic acids is 1. The first kappa shape index (κ1) is 13.3. The highest BCUT2D eigenvalue weighted by Crippen LogP contribution is 2.11. The van der Waals surface area contributed by atoms with Crippen molar-refractivity contribution in [3.63, 3.8) is 0 Å². The zero-order valence-electron chi connectivity index (χ0n) is 10.6. The van der Waals surface area contributed by atoms with Gasteiger partial charge in [0.1, 0.15) is 0 Å². The second-order valence-corrected chi connectivity index (χ2v) is 5.16. The molecule has 1 amide bonds. The fourth-order valence-electron chi connectivity index (χ4n) is 2.17. The summed E-state index contributed by atoms with van der Waals surface area (Å²) in [6, 6.07) is 3.58. The van der Waals surface area contributed by atoms with Gasteiger partial charge in [0.05, 0.1) is 12.2 Å². The lowest BCUT2D eigenvalue weighted by Gasteiger charge is -2.20. The van der Waals surface area contributed by atoms with Gasteiger partial charge in [-0.2, -0.15) is 0 Å². The van der Waals surface area contributed by atoms with Crippen molar-refractivity contribution in [2.24, 2.45) is 0 Å². The van der Waals surface area contributed by atoms with Gasteiger partial charge < -0.3 is 4.90 Å². The van der Waals surface area contributed by atoms with Crippen LogP contribution in [-0.4, -0.2) is 47.4 Å². The molecule has 0 aliphatic carbocycles. The summed E-state index contributed by atoms with van der Waals surface area (Å²) in [5.74, 6) is 0.206. The predicted molar refractivity (Wildman–Crippen MR) is 71.4 cm³/mol. The molecular formula is C13H18ClN3O. The van der Waals surface area contributed by atoms with E-state index in [9.17, 15) is 4.79 Å². The maximum atomic E-state index is 12.0. The lowest BCUT2D eigenvalue weighted by molar-refractivity contribution is -0.131. The molecule has 0 aromatic carbocycles. The van der Waals surface area contributed by atoms with Gasteiger partial charge in [0, 0.05) is 30.9 Å². The molecule has 0 unspecified atom stereocenters. The molecule has 0 spiro atoms. The van der Waals surface area contributed by atoms with Gasteiger partial charge in [-0.15, -0.1) is 0 Å². The molecule has 0 saturated carbocycles. The van der Waals surface area contributed by atoms with Gasteiger partial charge >= 0.3 is 0 Å². The van der Waals surface area contributed by atoms with E-state index >= 15 is 0 Å². The van der Waals surface area contributed by atoms with Crippen molar-refractivity contribution in [2.45, 2.75) is 19.4 Å². The SMILES string of the molecule is CN(CC(=O)N1CCCC1)Cc1cc(Cl)ccn1. The number of rotatable bonds is 4. The van der Waals surface area contributed by atoms with Crippen molar-refractivity contribution in [2.75, 3.05) is 26.7 Å². The van der Waals surface area contributed by atoms with Crippen molar-refractivity contribution >= 4 is 17.5 Å². The number of amides is 1. The van der Waals surface area contributed by atoms with Crippen LogP contribution in [0.2, 0.25) is 5.02 Å². The van der Waals surface area contributed by atoms with E-state index in [1.807, 2.05) is 22.9 Å². The predicted octanol–water partition coefficient (Wildman–Crippen LogP) is 1.79. The van der Waals surface area contributed by atoms with Crippen molar-refractivity contribution < 1.29 is 4.79 Å². The van der Waals surface area contributed by atoms with Crippen molar-refractivity contribution in [1.29, 1.82) is 0 Å². The summed E-state index contributed by atoms with van der Waals surface area (Å²) in [4.78, 5) is 20.1. The minimum atomic E-state index is 0.206. The molecule has 2 rings (SSSR count). The molecule has 1 saturated heterocycles. The first-order valence-electron chi connectivity index (χ1n) is 6.22. The van der Waals surface area contributed by atoms with Gasteiger partial charge in [0.15, 0.2) is 0 Å². The number of carbonyl (C=O) groups is 1. The molecule has 2 heterocycles. The largest absolute Gasteiger partial charge is 0.342 e. The Hall–Kier alpha value is -1.13. The molecule has 0 radical (unpaired) electrons. The average Bonchev–Trinajstić information content (AvgIpc) is 2.81. The topological polar surface area (TPSA) is 36.4 Å². The van der Waals surface area contributed by atoms with Crippen molar-refractivity contribution in [3.05, 3.63) is 29.0 Å². The summed E-state index contributed by atoms with van der Waals surface area (Å²) in [5, 5.41) is 0.680. The Kier molecular flexibility index (Phi) is 4.55. The molecule has 4 nitrogen and oxygen atoms in total. The normalized spacial score (nSPS) is 15.4. The van der Waals surface area contributed by atoms with Crippen LogP contribution in [0, 0.1) is 0 Å². The van der Waals surface area contributed by atoms with Crippen LogP contribution in [0.4, 0.5) is 0 Å². The third-order valence-electron chi connectivity index (χ3n) is 3.07. The van der Waals surface area contributed by atoms with Gasteiger partial charge in [-0.3, -0.25) is 14.7 Å². The molecule has 1 aromatic rings. The van der Waals surface area contributed by atoms with E-state index in [4.69, 9.17) is 11.6 Å². The second kappa shape index (κ2) is 6.16. The van der Waals surface area contributed by atoms with E-state index in [0.717, 1.165) is 31.6 Å². The first-order chi connectivity index (χ1) is 8.65. The number of hydrogen-bond donors (Lipinski definition) is 0. The van der Waals surface area contributed by atoms with Gasteiger partial charge in [-0.1, -0.05) is 11.6 Å². The van der Waals surface area contributed by atoms with E-state index in [0.29, 0.717) is 18.1 Å². The fourth-order valence-corrected chi connectivity index (χ4v) is 2.35. The van der Waals surface area contributed by atoms with Crippen LogP contribution < -0.4 is 0 Å². The monoisotopic (exact) mass is 267 g/mol. The molecule has 1 fully saturated rings. The number of halogens is 1. The molecular weight excluding hydrogens is 250 g/mol. The van der Waals surface area contributed by atoms with Crippen LogP contribution in [0.3, 0.4) is 0 Å². The van der Waals surface area contributed by atoms with E-state index in [2.05, 4.69) is 4.98 Å². The summed E-state index contributed by atoms with van der Waals surface area (Å²) in [6.45, 7) is 2.89. The molecule has 0 bridgehead atoms. The van der Waals surface area contributed by atoms with Gasteiger partial charge in [-0.05, 0) is 32.0 Å². The smallest absolute Gasteiger partial charge is 0.236 e. The summed E-state index contributed by atoms with van der Waals surface area (Å²) < 4.78 is 0. The van der Waals surface area contributed by atoms with Crippen LogP contribution >= 0.6 is 11.6 Å². The third-order valence-corrected chi connectivity index (χ3v) is 3.31. The number of likely N-dealkylation sites (tertiary alicyclic amines) is 1. The Balaban J connectivity index is 1.84. The molecule has 0 atom stereocenters. The minimum Gasteiger partial charge on any atom is -0.342 e. The summed E-state index contributed by atoms with van der Waals surface area (Å²) >= 11 is 5.90. The van der Waals surface area contributed by atoms with Gasteiger partial charge in [0.25, 0.3) is 0 Å². The average molecular weight is 268 g/mol. The van der Waals surface area contributed by atoms with Crippen LogP contribution in [0.1, 0.15) is 18.5 Å². The van der Waals surface area contributed by atoms with Crippen LogP contribution in [-0.2, 0) is 11.3 Å². The Morgan fingerprint density at radius 2 is 2.22 bits per heavy atom. The Morgan fingerprint density at radius 1 is 1.50 bits per heavy atom. The molecule has 0 N–H and O–H groups in total. The minimum absolute atomic E-state index is 0.206. The van der Waals surface area contributed by atoms with E-state index < -0.39 is 0 Å². The highest BCUT2D eigenvalue weighted by Gasteiger charge is 2.19. The second-order valence-electron chi connectivity index (χ2n) is 4.73. The molecule has 1 aromatic heterocycles. The number of hydrogen-bond acceptors (Lipinski definition) is 3. The molecule has 1 aliphatic heterocycles. The van der Waals surface area contributed by atoms with Gasteiger partial charge in [0.2, 0.25) is 5.91 Å². The molecule has 5 heteroatoms. The number of pyridine rings is 1. The Bertz CT molecular complexity index is 418. The van der Waals surface area contributed by atoms with Crippen LogP contribution in [0.25, 0.3) is 0 Å². The standard InChI is InChI=1S/C13H18ClN3O/c1-16(9-12-8-11(14)4-5-15-12)10-13(18)17-6-2-3-7-17/h4-5,8H,2-3,6-7,9-10H2,1H3. The summed E-state index contributed by atoms with van der Waals surface area (Å²) in [6.07, 6.45) is 3.95. The lowest BCUT2D eigenvalue weighted by atomic mass is 10.3. The highest BCUT2D eigenvalue weighted by molar-refractivity contribution is 6.30. The van der Waals surface area contributed by atoms with Crippen LogP contribution in [0.5, 0.6) is 0 Å². The van der Waals surface area contributed by atoms with Gasteiger partial charge in [-0.25, -0.2) is 0 Å². The first-order valence-corrected chi connectivity index (χ1v) is 6.60. The zero-order chi connectivity index (χ0) is 13.0. The number of aromatic nitrogens is 1. The Morgan fingerprint density at radius 3 is 2.89 bits per heavy atom. The lowest BCUT2D eigenvalue weighted by Crippen LogP contribution is -2.37. The maximum absolute atomic E-state index is 12.0. The highest BCUT2D eigenvalue weighted by atomic mass is 35.5. The fraction of sp³-hybridized carbons (Fsp3) is 0.538. The summed E-state index contributed by atoms with van der Waals surface area (Å²) in [5.41, 5.74) is 0.888. The maximum Gasteiger partial charge on any atom is 0.236 e. The summed E-state index contributed by atoms with van der Waals surface area (Å²) in [7, 11) is 1.93. The van der Waals surface area contributed by atoms with E-state index in [1.54, 1.807) is 12.3 Å². The van der Waals surface area contributed by atoms with Crippen LogP contribution in [0.15, 0.2) is 18.3 Å². The van der Waals surface area contributed by atoms with Crippen molar-refractivity contribution in [3.8, 4) is 0 Å².